The summed E-state index contributed by atoms with van der Waals surface area (Å²) in [5.41, 5.74) is 5.03. The lowest BCUT2D eigenvalue weighted by Gasteiger charge is -2.06. The molecule has 0 bridgehead atoms. The van der Waals surface area contributed by atoms with Gasteiger partial charge in [0, 0.05) is 16.9 Å². The Hall–Kier alpha value is -0.960. The van der Waals surface area contributed by atoms with Crippen molar-refractivity contribution in [3.05, 3.63) is 104 Å². The molecule has 0 amide bonds. The molecule has 4 aromatic carbocycles. The topological polar surface area (TPSA) is 0 Å². The summed E-state index contributed by atoms with van der Waals surface area (Å²) in [6.45, 7) is 0. The highest BCUT2D eigenvalue weighted by atomic mass is 127. The van der Waals surface area contributed by atoms with Crippen molar-refractivity contribution in [2.24, 2.45) is 0 Å². The molecule has 4 heteroatoms. The van der Waals surface area contributed by atoms with Crippen molar-refractivity contribution in [3.63, 3.8) is 0 Å². The highest BCUT2D eigenvalue weighted by Gasteiger charge is 2.02. The Bertz CT molecular complexity index is 951. The zero-order chi connectivity index (χ0) is 19.3. The van der Waals surface area contributed by atoms with Crippen molar-refractivity contribution in [2.45, 2.75) is 9.79 Å². The fraction of sp³-hybridized carbons (Fsp3) is 0. The average Bonchev–Trinajstić information content (AvgIpc) is 2.74. The smallest absolute Gasteiger partial charge is 0.0186 e. The number of hydrogen-bond acceptors (Lipinski definition) is 2. The van der Waals surface area contributed by atoms with Crippen molar-refractivity contribution in [1.29, 1.82) is 0 Å². The summed E-state index contributed by atoms with van der Waals surface area (Å²) in [4.78, 5) is 2.53. The van der Waals surface area contributed by atoms with E-state index in [1.54, 1.807) is 21.6 Å². The zero-order valence-corrected chi connectivity index (χ0v) is 20.8. The predicted molar refractivity (Wildman–Crippen MR) is 141 cm³/mol. The molecular weight excluding hydrogens is 606 g/mol. The summed E-state index contributed by atoms with van der Waals surface area (Å²) >= 11 is 4.68. The fourth-order valence-corrected chi connectivity index (χ4v) is 5.44. The number of hydrogen-bond donors (Lipinski definition) is 0. The lowest BCUT2D eigenvalue weighted by Crippen LogP contribution is -1.79. The second-order valence-electron chi connectivity index (χ2n) is 6.23. The van der Waals surface area contributed by atoms with E-state index < -0.39 is 0 Å². The van der Waals surface area contributed by atoms with Crippen molar-refractivity contribution < 1.29 is 0 Å². The van der Waals surface area contributed by atoms with Gasteiger partial charge in [-0.1, -0.05) is 70.1 Å². The summed E-state index contributed by atoms with van der Waals surface area (Å²) in [5, 5.41) is 0. The first-order valence-corrected chi connectivity index (χ1v) is 13.0. The molecule has 0 unspecified atom stereocenters. The van der Waals surface area contributed by atoms with Gasteiger partial charge in [-0.3, -0.25) is 0 Å². The molecule has 0 heterocycles. The fourth-order valence-electron chi connectivity index (χ4n) is 2.79. The molecule has 0 radical (unpaired) electrons. The highest BCUT2D eigenvalue weighted by Crippen LogP contribution is 2.38. The Morgan fingerprint density at radius 2 is 0.607 bits per heavy atom. The van der Waals surface area contributed by atoms with Crippen LogP contribution < -0.4 is 0 Å². The molecule has 28 heavy (non-hydrogen) atoms. The molecule has 0 saturated heterocycles. The van der Waals surface area contributed by atoms with Crippen LogP contribution in [0.3, 0.4) is 0 Å². The van der Waals surface area contributed by atoms with Crippen LogP contribution >= 0.6 is 66.8 Å². The van der Waals surface area contributed by atoms with Crippen molar-refractivity contribution >= 4 is 66.8 Å². The molecule has 0 N–H and O–H groups in total. The van der Waals surface area contributed by atoms with E-state index in [2.05, 4.69) is 142 Å². The van der Waals surface area contributed by atoms with Gasteiger partial charge in [-0.25, -0.2) is 0 Å². The van der Waals surface area contributed by atoms with Gasteiger partial charge in [0.15, 0.2) is 0 Å². The summed E-state index contributed by atoms with van der Waals surface area (Å²) in [6.07, 6.45) is 0. The Balaban J connectivity index is 1.39. The number of benzene rings is 4. The zero-order valence-electron chi connectivity index (χ0n) is 14.8. The first-order valence-electron chi connectivity index (χ1n) is 8.74. The Kier molecular flexibility index (Phi) is 7.03. The quantitative estimate of drug-likeness (QED) is 0.161. The van der Waals surface area contributed by atoms with Crippen LogP contribution in [0.1, 0.15) is 0 Å². The average molecular weight is 622 g/mol. The summed E-state index contributed by atoms with van der Waals surface area (Å²) < 4.78 is 2.52. The first kappa shape index (κ1) is 20.3. The minimum absolute atomic E-state index is 1.26. The maximum atomic E-state index is 2.34. The number of rotatable bonds is 5. The maximum absolute atomic E-state index is 2.34. The van der Waals surface area contributed by atoms with Crippen LogP contribution in [0.25, 0.3) is 22.3 Å². The molecule has 0 nitrogen and oxygen atoms in total. The molecule has 0 aliphatic heterocycles. The summed E-state index contributed by atoms with van der Waals surface area (Å²) in [6, 6.07) is 34.9. The molecule has 0 aromatic heterocycles. The second-order valence-corrected chi connectivity index (χ2v) is 11.0. The molecule has 4 rings (SSSR count). The highest BCUT2D eigenvalue weighted by molar-refractivity contribution is 14.1. The van der Waals surface area contributed by atoms with Crippen LogP contribution in [-0.2, 0) is 0 Å². The van der Waals surface area contributed by atoms with Gasteiger partial charge in [0.05, 0.1) is 0 Å². The van der Waals surface area contributed by atoms with Crippen LogP contribution in [0.15, 0.2) is 107 Å². The van der Waals surface area contributed by atoms with E-state index in [-0.39, 0.29) is 0 Å². The summed E-state index contributed by atoms with van der Waals surface area (Å²) in [5.74, 6) is 0. The van der Waals surface area contributed by atoms with Crippen molar-refractivity contribution in [2.75, 3.05) is 0 Å². The lowest BCUT2D eigenvalue weighted by atomic mass is 10.1. The van der Waals surface area contributed by atoms with Crippen molar-refractivity contribution in [3.8, 4) is 22.3 Å². The SMILES string of the molecule is Ic1ccc(-c2ccc(SSc3ccc(-c4ccc(I)cc4)cc3)cc2)cc1. The monoisotopic (exact) mass is 622 g/mol. The summed E-state index contributed by atoms with van der Waals surface area (Å²) in [7, 11) is 3.60. The largest absolute Gasteiger partial charge is 0.0533 e. The van der Waals surface area contributed by atoms with Gasteiger partial charge in [-0.15, -0.1) is 0 Å². The van der Waals surface area contributed by atoms with Gasteiger partial charge < -0.3 is 0 Å². The molecule has 0 atom stereocenters. The van der Waals surface area contributed by atoms with E-state index >= 15 is 0 Å². The minimum atomic E-state index is 1.26. The normalized spacial score (nSPS) is 10.8. The van der Waals surface area contributed by atoms with Crippen molar-refractivity contribution in [1.82, 2.24) is 0 Å². The molecule has 138 valence electrons. The van der Waals surface area contributed by atoms with E-state index in [1.165, 1.54) is 39.2 Å². The molecule has 0 aliphatic carbocycles. The molecule has 0 saturated carbocycles. The lowest BCUT2D eigenvalue weighted by molar-refractivity contribution is 1.46. The molecule has 0 aliphatic rings. The van der Waals surface area contributed by atoms with Crippen LogP contribution in [0.5, 0.6) is 0 Å². The maximum Gasteiger partial charge on any atom is 0.0186 e. The van der Waals surface area contributed by atoms with Gasteiger partial charge in [-0.2, -0.15) is 0 Å². The van der Waals surface area contributed by atoms with Gasteiger partial charge in [-0.05, 0) is 116 Å². The molecule has 0 spiro atoms. The van der Waals surface area contributed by atoms with Crippen LogP contribution in [0.2, 0.25) is 0 Å². The van der Waals surface area contributed by atoms with Crippen LogP contribution in [0, 0.1) is 7.14 Å². The standard InChI is InChI=1S/C24H16I2S2/c25-21-9-1-17(2-10-21)19-5-13-23(14-6-19)27-28-24-15-7-20(8-16-24)18-3-11-22(26)12-4-18/h1-16H. The number of halogens is 2. The van der Waals surface area contributed by atoms with Gasteiger partial charge in [0.25, 0.3) is 0 Å². The predicted octanol–water partition coefficient (Wildman–Crippen LogP) is 9.03. The second kappa shape index (κ2) is 9.69. The van der Waals surface area contributed by atoms with Crippen LogP contribution in [0.4, 0.5) is 0 Å². The Morgan fingerprint density at radius 1 is 0.357 bits per heavy atom. The van der Waals surface area contributed by atoms with E-state index in [4.69, 9.17) is 0 Å². The van der Waals surface area contributed by atoms with Gasteiger partial charge >= 0.3 is 0 Å². The molecule has 0 fully saturated rings. The van der Waals surface area contributed by atoms with Gasteiger partial charge in [0.1, 0.15) is 0 Å². The Labute approximate surface area is 201 Å². The minimum Gasteiger partial charge on any atom is -0.0533 e. The third-order valence-electron chi connectivity index (χ3n) is 4.30. The molecule has 4 aromatic rings. The van der Waals surface area contributed by atoms with E-state index in [0.29, 0.717) is 0 Å². The molecular formula is C24H16I2S2. The Morgan fingerprint density at radius 3 is 0.893 bits per heavy atom. The third kappa shape index (κ3) is 5.34. The van der Waals surface area contributed by atoms with E-state index in [0.717, 1.165) is 0 Å². The van der Waals surface area contributed by atoms with Crippen LogP contribution in [-0.4, -0.2) is 0 Å². The first-order chi connectivity index (χ1) is 13.7. The third-order valence-corrected chi connectivity index (χ3v) is 8.15. The van der Waals surface area contributed by atoms with Gasteiger partial charge in [0.2, 0.25) is 0 Å². The van der Waals surface area contributed by atoms with E-state index in [1.807, 2.05) is 0 Å². The van der Waals surface area contributed by atoms with E-state index in [9.17, 15) is 0 Å².